The van der Waals surface area contributed by atoms with E-state index in [1.165, 1.54) is 5.56 Å². The van der Waals surface area contributed by atoms with E-state index < -0.39 is 0 Å². The summed E-state index contributed by atoms with van der Waals surface area (Å²) in [6.07, 6.45) is 2.69. The monoisotopic (exact) mass is 173 g/mol. The second kappa shape index (κ2) is 3.05. The zero-order valence-electron chi connectivity index (χ0n) is 7.50. The van der Waals surface area contributed by atoms with E-state index >= 15 is 0 Å². The number of aromatic nitrogens is 1. The third-order valence-electron chi connectivity index (χ3n) is 2.25. The molecule has 0 bridgehead atoms. The van der Waals surface area contributed by atoms with E-state index in [0.29, 0.717) is 0 Å². The average Bonchev–Trinajstić information content (AvgIpc) is 2.18. The Balaban J connectivity index is 2.80. The maximum atomic E-state index is 11.3. The minimum atomic E-state index is -0.0137. The van der Waals surface area contributed by atoms with Crippen molar-refractivity contribution < 1.29 is 0 Å². The number of nitrogens with one attached hydrogen (secondary N) is 1. The summed E-state index contributed by atoms with van der Waals surface area (Å²) in [5, 5.41) is 1.78. The second-order valence-electron chi connectivity index (χ2n) is 3.08. The van der Waals surface area contributed by atoms with Gasteiger partial charge in [-0.1, -0.05) is 19.1 Å². The van der Waals surface area contributed by atoms with E-state index in [2.05, 4.69) is 18.0 Å². The van der Waals surface area contributed by atoms with Gasteiger partial charge in [0.05, 0.1) is 0 Å². The van der Waals surface area contributed by atoms with Gasteiger partial charge in [0.25, 0.3) is 5.56 Å². The minimum Gasteiger partial charge on any atom is -0.329 e. The van der Waals surface area contributed by atoms with Gasteiger partial charge in [-0.25, -0.2) is 0 Å². The Kier molecular flexibility index (Phi) is 1.89. The molecule has 0 unspecified atom stereocenters. The van der Waals surface area contributed by atoms with Crippen LogP contribution in [-0.4, -0.2) is 4.98 Å². The summed E-state index contributed by atoms with van der Waals surface area (Å²) in [6.45, 7) is 2.11. The maximum absolute atomic E-state index is 11.3. The van der Waals surface area contributed by atoms with Crippen LogP contribution < -0.4 is 5.56 Å². The molecule has 0 atom stereocenters. The fourth-order valence-corrected chi connectivity index (χ4v) is 1.46. The zero-order chi connectivity index (χ0) is 9.26. The molecule has 0 amide bonds. The number of pyridine rings is 1. The molecule has 1 N–H and O–H groups in total. The number of H-pyrrole nitrogens is 1. The van der Waals surface area contributed by atoms with Gasteiger partial charge in [-0.3, -0.25) is 4.79 Å². The number of hydrogen-bond acceptors (Lipinski definition) is 1. The van der Waals surface area contributed by atoms with E-state index in [-0.39, 0.29) is 5.56 Å². The van der Waals surface area contributed by atoms with Crippen molar-refractivity contribution in [3.8, 4) is 0 Å². The van der Waals surface area contributed by atoms with Crippen LogP contribution in [0.1, 0.15) is 12.5 Å². The standard InChI is InChI=1S/C11H11NO/c1-2-8-3-4-10-9(7-8)5-6-12-11(10)13/h3-7H,2H2,1H3,(H,12,13). The summed E-state index contributed by atoms with van der Waals surface area (Å²) in [7, 11) is 0. The van der Waals surface area contributed by atoms with Crippen LogP contribution in [0.25, 0.3) is 10.8 Å². The topological polar surface area (TPSA) is 32.9 Å². The second-order valence-corrected chi connectivity index (χ2v) is 3.08. The maximum Gasteiger partial charge on any atom is 0.255 e. The molecule has 0 saturated carbocycles. The zero-order valence-corrected chi connectivity index (χ0v) is 7.50. The molecule has 0 fully saturated rings. The predicted octanol–water partition coefficient (Wildman–Crippen LogP) is 2.09. The highest BCUT2D eigenvalue weighted by molar-refractivity contribution is 5.81. The van der Waals surface area contributed by atoms with Gasteiger partial charge in [0.1, 0.15) is 0 Å². The Morgan fingerprint density at radius 1 is 1.31 bits per heavy atom. The Labute approximate surface area is 76.2 Å². The van der Waals surface area contributed by atoms with Crippen LogP contribution in [0.5, 0.6) is 0 Å². The molecule has 0 aliphatic carbocycles. The fourth-order valence-electron chi connectivity index (χ4n) is 1.46. The lowest BCUT2D eigenvalue weighted by molar-refractivity contribution is 1.14. The van der Waals surface area contributed by atoms with Gasteiger partial charge in [0.2, 0.25) is 0 Å². The van der Waals surface area contributed by atoms with E-state index in [1.54, 1.807) is 6.20 Å². The molecule has 2 heteroatoms. The van der Waals surface area contributed by atoms with Gasteiger partial charge in [-0.15, -0.1) is 0 Å². The molecule has 0 spiro atoms. The molecule has 0 radical (unpaired) electrons. The van der Waals surface area contributed by atoms with E-state index in [9.17, 15) is 4.79 Å². The van der Waals surface area contributed by atoms with Gasteiger partial charge in [0.15, 0.2) is 0 Å². The molecular weight excluding hydrogens is 162 g/mol. The molecule has 1 heterocycles. The molecule has 0 saturated heterocycles. The summed E-state index contributed by atoms with van der Waals surface area (Å²) < 4.78 is 0. The van der Waals surface area contributed by atoms with Crippen LogP contribution >= 0.6 is 0 Å². The van der Waals surface area contributed by atoms with E-state index in [1.807, 2.05) is 18.2 Å². The first-order valence-electron chi connectivity index (χ1n) is 4.41. The molecular formula is C11H11NO. The molecule has 0 aliphatic heterocycles. The molecule has 1 aromatic carbocycles. The van der Waals surface area contributed by atoms with E-state index in [0.717, 1.165) is 17.2 Å². The highest BCUT2D eigenvalue weighted by Crippen LogP contribution is 2.11. The van der Waals surface area contributed by atoms with Crippen molar-refractivity contribution in [2.24, 2.45) is 0 Å². The summed E-state index contributed by atoms with van der Waals surface area (Å²) in [5.74, 6) is 0. The van der Waals surface area contributed by atoms with Crippen molar-refractivity contribution >= 4 is 10.8 Å². The third kappa shape index (κ3) is 1.35. The van der Waals surface area contributed by atoms with Gasteiger partial charge < -0.3 is 4.98 Å². The Bertz CT molecular complexity index is 485. The Hall–Kier alpha value is -1.57. The van der Waals surface area contributed by atoms with Crippen molar-refractivity contribution in [2.45, 2.75) is 13.3 Å². The quantitative estimate of drug-likeness (QED) is 0.703. The first-order chi connectivity index (χ1) is 6.31. The number of benzene rings is 1. The predicted molar refractivity (Wildman–Crippen MR) is 53.9 cm³/mol. The van der Waals surface area contributed by atoms with Crippen molar-refractivity contribution in [2.75, 3.05) is 0 Å². The molecule has 2 nitrogen and oxygen atoms in total. The van der Waals surface area contributed by atoms with Crippen LogP contribution in [0.4, 0.5) is 0 Å². The highest BCUT2D eigenvalue weighted by Gasteiger charge is 1.97. The summed E-state index contributed by atoms with van der Waals surface area (Å²) in [5.41, 5.74) is 1.25. The lowest BCUT2D eigenvalue weighted by atomic mass is 10.1. The van der Waals surface area contributed by atoms with Crippen LogP contribution in [0, 0.1) is 0 Å². The lowest BCUT2D eigenvalue weighted by Gasteiger charge is -1.99. The third-order valence-corrected chi connectivity index (χ3v) is 2.25. The number of hydrogen-bond donors (Lipinski definition) is 1. The minimum absolute atomic E-state index is 0.0137. The number of fused-ring (bicyclic) bond motifs is 1. The van der Waals surface area contributed by atoms with Crippen molar-refractivity contribution in [3.05, 3.63) is 46.4 Å². The number of aromatic amines is 1. The van der Waals surface area contributed by atoms with Gasteiger partial charge in [0, 0.05) is 11.6 Å². The van der Waals surface area contributed by atoms with Crippen LogP contribution in [0.15, 0.2) is 35.3 Å². The summed E-state index contributed by atoms with van der Waals surface area (Å²) in [4.78, 5) is 14.0. The summed E-state index contributed by atoms with van der Waals surface area (Å²) in [6, 6.07) is 7.87. The first kappa shape index (κ1) is 8.05. The van der Waals surface area contributed by atoms with Crippen LogP contribution in [0.3, 0.4) is 0 Å². The van der Waals surface area contributed by atoms with Crippen molar-refractivity contribution in [3.63, 3.8) is 0 Å². The molecule has 66 valence electrons. The van der Waals surface area contributed by atoms with Crippen LogP contribution in [0.2, 0.25) is 0 Å². The van der Waals surface area contributed by atoms with Crippen molar-refractivity contribution in [1.82, 2.24) is 4.98 Å². The molecule has 0 aliphatic rings. The summed E-state index contributed by atoms with van der Waals surface area (Å²) >= 11 is 0. The lowest BCUT2D eigenvalue weighted by Crippen LogP contribution is -2.04. The number of rotatable bonds is 1. The number of aryl methyl sites for hydroxylation is 1. The molecule has 2 rings (SSSR count). The molecule has 1 aromatic heterocycles. The smallest absolute Gasteiger partial charge is 0.255 e. The van der Waals surface area contributed by atoms with Crippen molar-refractivity contribution in [1.29, 1.82) is 0 Å². The Morgan fingerprint density at radius 3 is 2.92 bits per heavy atom. The van der Waals surface area contributed by atoms with Gasteiger partial charge in [-0.2, -0.15) is 0 Å². The van der Waals surface area contributed by atoms with Gasteiger partial charge >= 0.3 is 0 Å². The van der Waals surface area contributed by atoms with Gasteiger partial charge in [-0.05, 0) is 29.5 Å². The molecule has 2 aromatic rings. The fraction of sp³-hybridized carbons (Fsp3) is 0.182. The largest absolute Gasteiger partial charge is 0.329 e. The molecule has 13 heavy (non-hydrogen) atoms. The first-order valence-corrected chi connectivity index (χ1v) is 4.41. The average molecular weight is 173 g/mol. The van der Waals surface area contributed by atoms with Crippen LogP contribution in [-0.2, 0) is 6.42 Å². The van der Waals surface area contributed by atoms with E-state index in [4.69, 9.17) is 0 Å². The highest BCUT2D eigenvalue weighted by atomic mass is 16.1. The normalized spacial score (nSPS) is 10.5. The SMILES string of the molecule is CCc1ccc2c(=O)[nH]ccc2c1. The Morgan fingerprint density at radius 2 is 2.15 bits per heavy atom.